The summed E-state index contributed by atoms with van der Waals surface area (Å²) in [6.45, 7) is 10.2. The van der Waals surface area contributed by atoms with E-state index in [2.05, 4.69) is 64.4 Å². The zero-order valence-corrected chi connectivity index (χ0v) is 22.8. The average molecular weight is 515 g/mol. The van der Waals surface area contributed by atoms with Gasteiger partial charge in [-0.15, -0.1) is 0 Å². The lowest BCUT2D eigenvalue weighted by molar-refractivity contribution is 0.0725. The first-order valence-corrected chi connectivity index (χ1v) is 14.6. The van der Waals surface area contributed by atoms with Crippen LogP contribution in [-0.4, -0.2) is 27.0 Å². The van der Waals surface area contributed by atoms with Crippen LogP contribution in [0.1, 0.15) is 102 Å². The molecule has 2 fully saturated rings. The molecular formula is C29H44BrN3. The summed E-state index contributed by atoms with van der Waals surface area (Å²) >= 11 is 3.93. The minimum absolute atomic E-state index is 0.762. The molecule has 1 aliphatic carbocycles. The number of halogens is 1. The maximum absolute atomic E-state index is 5.21. The van der Waals surface area contributed by atoms with E-state index >= 15 is 0 Å². The second-order valence-corrected chi connectivity index (χ2v) is 11.0. The standard InChI is InChI=1S/C29H44BrN3/c1-4-7-20-33-26(21-32-19-12-11-18-25(32)24-14-9-8-10-15-24)28(30)31-29(33)27-22(5-2)16-13-17-23(27)6-3/h13,16-17,24-25H,4-12,14-15,18-21H2,1-3H3. The van der Waals surface area contributed by atoms with Crippen LogP contribution in [0.2, 0.25) is 0 Å². The van der Waals surface area contributed by atoms with E-state index in [9.17, 15) is 0 Å². The van der Waals surface area contributed by atoms with E-state index in [4.69, 9.17) is 4.98 Å². The molecular weight excluding hydrogens is 470 g/mol. The normalized spacial score (nSPS) is 20.4. The SMILES string of the molecule is CCCCn1c(-c2c(CC)cccc2CC)nc(Br)c1CN1CCCCC1C1CCCCC1. The summed E-state index contributed by atoms with van der Waals surface area (Å²) in [6, 6.07) is 7.58. The van der Waals surface area contributed by atoms with Gasteiger partial charge in [-0.05, 0) is 84.5 Å². The number of unbranched alkanes of at least 4 members (excludes halogenated alkanes) is 1. The van der Waals surface area contributed by atoms with E-state index in [1.807, 2.05) is 0 Å². The summed E-state index contributed by atoms with van der Waals surface area (Å²) < 4.78 is 3.64. The average Bonchev–Trinajstić information content (AvgIpc) is 3.17. The fourth-order valence-electron chi connectivity index (χ4n) is 6.34. The van der Waals surface area contributed by atoms with Crippen molar-refractivity contribution in [3.63, 3.8) is 0 Å². The number of aryl methyl sites for hydroxylation is 2. The molecule has 2 aliphatic rings. The summed E-state index contributed by atoms with van der Waals surface area (Å²) in [6.07, 6.45) is 15.8. The van der Waals surface area contributed by atoms with Gasteiger partial charge in [-0.1, -0.05) is 71.1 Å². The van der Waals surface area contributed by atoms with Crippen molar-refractivity contribution in [1.29, 1.82) is 0 Å². The van der Waals surface area contributed by atoms with E-state index in [-0.39, 0.29) is 0 Å². The number of benzene rings is 1. The first-order valence-electron chi connectivity index (χ1n) is 13.8. The van der Waals surface area contributed by atoms with Crippen molar-refractivity contribution in [1.82, 2.24) is 14.5 Å². The van der Waals surface area contributed by atoms with Crippen LogP contribution in [0.15, 0.2) is 22.8 Å². The minimum Gasteiger partial charge on any atom is -0.326 e. The fraction of sp³-hybridized carbons (Fsp3) is 0.690. The van der Waals surface area contributed by atoms with Crippen LogP contribution in [-0.2, 0) is 25.9 Å². The Morgan fingerprint density at radius 3 is 2.30 bits per heavy atom. The van der Waals surface area contributed by atoms with E-state index in [1.165, 1.54) is 99.0 Å². The highest BCUT2D eigenvalue weighted by atomic mass is 79.9. The zero-order valence-electron chi connectivity index (χ0n) is 21.2. The van der Waals surface area contributed by atoms with Gasteiger partial charge in [-0.3, -0.25) is 4.90 Å². The summed E-state index contributed by atoms with van der Waals surface area (Å²) in [7, 11) is 0. The van der Waals surface area contributed by atoms with Crippen LogP contribution in [0.25, 0.3) is 11.4 Å². The number of hydrogen-bond donors (Lipinski definition) is 0. The molecule has 0 bridgehead atoms. The van der Waals surface area contributed by atoms with Crippen molar-refractivity contribution < 1.29 is 0 Å². The van der Waals surface area contributed by atoms with Crippen molar-refractivity contribution >= 4 is 15.9 Å². The molecule has 1 aromatic heterocycles. The van der Waals surface area contributed by atoms with Crippen LogP contribution < -0.4 is 0 Å². The second kappa shape index (κ2) is 12.0. The second-order valence-electron chi connectivity index (χ2n) is 10.3. The molecule has 2 heterocycles. The summed E-state index contributed by atoms with van der Waals surface area (Å²) in [5, 5.41) is 0. The molecule has 4 heteroatoms. The van der Waals surface area contributed by atoms with Gasteiger partial charge < -0.3 is 4.57 Å². The van der Waals surface area contributed by atoms with Gasteiger partial charge in [0.1, 0.15) is 10.4 Å². The van der Waals surface area contributed by atoms with Crippen LogP contribution in [0.4, 0.5) is 0 Å². The van der Waals surface area contributed by atoms with Gasteiger partial charge in [0, 0.05) is 24.7 Å². The van der Waals surface area contributed by atoms with Crippen LogP contribution >= 0.6 is 15.9 Å². The summed E-state index contributed by atoms with van der Waals surface area (Å²) in [5.41, 5.74) is 5.63. The monoisotopic (exact) mass is 513 g/mol. The van der Waals surface area contributed by atoms with Crippen molar-refractivity contribution in [2.45, 2.75) is 117 Å². The molecule has 1 saturated carbocycles. The van der Waals surface area contributed by atoms with Gasteiger partial charge in [0.2, 0.25) is 0 Å². The zero-order chi connectivity index (χ0) is 23.2. The van der Waals surface area contributed by atoms with Gasteiger partial charge in [-0.25, -0.2) is 4.98 Å². The summed E-state index contributed by atoms with van der Waals surface area (Å²) in [4.78, 5) is 8.04. The number of likely N-dealkylation sites (tertiary alicyclic amines) is 1. The van der Waals surface area contributed by atoms with E-state index in [0.717, 1.165) is 42.5 Å². The first-order chi connectivity index (χ1) is 16.2. The molecule has 3 nitrogen and oxygen atoms in total. The molecule has 0 radical (unpaired) electrons. The predicted octanol–water partition coefficient (Wildman–Crippen LogP) is 8.17. The van der Waals surface area contributed by atoms with Crippen molar-refractivity contribution in [2.24, 2.45) is 5.92 Å². The molecule has 1 unspecified atom stereocenters. The number of piperidine rings is 1. The highest BCUT2D eigenvalue weighted by molar-refractivity contribution is 9.10. The van der Waals surface area contributed by atoms with Crippen LogP contribution in [0.5, 0.6) is 0 Å². The Balaban J connectivity index is 1.71. The quantitative estimate of drug-likeness (QED) is 0.337. The van der Waals surface area contributed by atoms with Gasteiger partial charge in [0.25, 0.3) is 0 Å². The molecule has 0 spiro atoms. The molecule has 1 saturated heterocycles. The Morgan fingerprint density at radius 2 is 1.64 bits per heavy atom. The molecule has 4 rings (SSSR count). The van der Waals surface area contributed by atoms with Crippen molar-refractivity contribution in [2.75, 3.05) is 6.54 Å². The van der Waals surface area contributed by atoms with Crippen molar-refractivity contribution in [3.8, 4) is 11.4 Å². The largest absolute Gasteiger partial charge is 0.326 e. The Labute approximate surface area is 210 Å². The smallest absolute Gasteiger partial charge is 0.142 e. The number of hydrogen-bond acceptors (Lipinski definition) is 2. The number of aromatic nitrogens is 2. The predicted molar refractivity (Wildman–Crippen MR) is 144 cm³/mol. The molecule has 182 valence electrons. The third-order valence-electron chi connectivity index (χ3n) is 8.19. The lowest BCUT2D eigenvalue weighted by atomic mass is 9.80. The third kappa shape index (κ3) is 5.59. The van der Waals surface area contributed by atoms with Gasteiger partial charge >= 0.3 is 0 Å². The topological polar surface area (TPSA) is 21.1 Å². The first kappa shape index (κ1) is 25.0. The third-order valence-corrected chi connectivity index (χ3v) is 8.83. The summed E-state index contributed by atoms with van der Waals surface area (Å²) in [5.74, 6) is 2.09. The lowest BCUT2D eigenvalue weighted by Gasteiger charge is -2.42. The number of rotatable bonds is 9. The fourth-order valence-corrected chi connectivity index (χ4v) is 6.85. The molecule has 1 aliphatic heterocycles. The lowest BCUT2D eigenvalue weighted by Crippen LogP contribution is -2.44. The number of imidazole rings is 1. The molecule has 1 atom stereocenters. The Hall–Kier alpha value is -1.13. The molecule has 0 N–H and O–H groups in total. The van der Waals surface area contributed by atoms with E-state index in [1.54, 1.807) is 0 Å². The Morgan fingerprint density at radius 1 is 0.939 bits per heavy atom. The Kier molecular flexibility index (Phi) is 9.10. The van der Waals surface area contributed by atoms with Gasteiger partial charge in [0.05, 0.1) is 5.69 Å². The van der Waals surface area contributed by atoms with Crippen LogP contribution in [0.3, 0.4) is 0 Å². The highest BCUT2D eigenvalue weighted by Crippen LogP contribution is 2.37. The molecule has 33 heavy (non-hydrogen) atoms. The van der Waals surface area contributed by atoms with Gasteiger partial charge in [0.15, 0.2) is 0 Å². The minimum atomic E-state index is 0.762. The Bertz CT molecular complexity index is 874. The van der Waals surface area contributed by atoms with Crippen molar-refractivity contribution in [3.05, 3.63) is 39.6 Å². The van der Waals surface area contributed by atoms with E-state index < -0.39 is 0 Å². The van der Waals surface area contributed by atoms with Crippen LogP contribution in [0, 0.1) is 5.92 Å². The van der Waals surface area contributed by atoms with E-state index in [0.29, 0.717) is 0 Å². The molecule has 2 aromatic rings. The maximum atomic E-state index is 5.21. The molecule has 1 aromatic carbocycles. The highest BCUT2D eigenvalue weighted by Gasteiger charge is 2.32. The maximum Gasteiger partial charge on any atom is 0.142 e. The van der Waals surface area contributed by atoms with Gasteiger partial charge in [-0.2, -0.15) is 0 Å². The molecule has 0 amide bonds. The number of nitrogens with zero attached hydrogens (tertiary/aromatic N) is 3.